The molecule has 0 saturated heterocycles. The van der Waals surface area contributed by atoms with Crippen molar-refractivity contribution in [2.75, 3.05) is 11.9 Å². The molecule has 1 aromatic heterocycles. The zero-order valence-corrected chi connectivity index (χ0v) is 11.5. The minimum Gasteiger partial charge on any atom is -0.373 e. The third-order valence-electron chi connectivity index (χ3n) is 3.66. The standard InChI is InChI=1S/C15H18N4O/c1-19-9-8-16-14(19)6-7-17-15(20)13-10-11-4-2-3-5-12(11)18-13/h2-5,8-9,13,18H,6-7,10H2,1H3,(H,17,20)/t13-/m0/s1. The number of nitrogens with one attached hydrogen (secondary N) is 2. The van der Waals surface area contributed by atoms with Crippen molar-refractivity contribution in [1.82, 2.24) is 14.9 Å². The highest BCUT2D eigenvalue weighted by atomic mass is 16.2. The number of rotatable bonds is 4. The van der Waals surface area contributed by atoms with E-state index in [-0.39, 0.29) is 11.9 Å². The first-order chi connectivity index (χ1) is 9.74. The molecule has 3 rings (SSSR count). The molecule has 5 heteroatoms. The molecule has 2 N–H and O–H groups in total. The molecule has 1 atom stereocenters. The first-order valence-corrected chi connectivity index (χ1v) is 6.82. The fourth-order valence-corrected chi connectivity index (χ4v) is 2.51. The normalized spacial score (nSPS) is 16.6. The molecule has 1 amide bonds. The number of carbonyl (C=O) groups is 1. The van der Waals surface area contributed by atoms with Crippen LogP contribution in [0.15, 0.2) is 36.7 Å². The molecule has 0 saturated carbocycles. The summed E-state index contributed by atoms with van der Waals surface area (Å²) in [5, 5.41) is 6.23. The van der Waals surface area contributed by atoms with Crippen molar-refractivity contribution in [1.29, 1.82) is 0 Å². The van der Waals surface area contributed by atoms with Crippen molar-refractivity contribution in [3.63, 3.8) is 0 Å². The highest BCUT2D eigenvalue weighted by molar-refractivity contribution is 5.87. The van der Waals surface area contributed by atoms with Gasteiger partial charge in [-0.2, -0.15) is 0 Å². The number of hydrogen-bond acceptors (Lipinski definition) is 3. The van der Waals surface area contributed by atoms with Gasteiger partial charge in [-0.15, -0.1) is 0 Å². The summed E-state index contributed by atoms with van der Waals surface area (Å²) in [7, 11) is 1.96. The third kappa shape index (κ3) is 2.52. The Kier molecular flexibility index (Phi) is 3.41. The lowest BCUT2D eigenvalue weighted by Crippen LogP contribution is -2.39. The molecule has 20 heavy (non-hydrogen) atoms. The summed E-state index contributed by atoms with van der Waals surface area (Å²) in [6, 6.07) is 7.89. The maximum Gasteiger partial charge on any atom is 0.242 e. The lowest BCUT2D eigenvalue weighted by Gasteiger charge is -2.11. The Morgan fingerprint density at radius 2 is 2.35 bits per heavy atom. The highest BCUT2D eigenvalue weighted by Gasteiger charge is 2.25. The van der Waals surface area contributed by atoms with Gasteiger partial charge in [0.2, 0.25) is 5.91 Å². The predicted molar refractivity (Wildman–Crippen MR) is 77.5 cm³/mol. The van der Waals surface area contributed by atoms with E-state index in [4.69, 9.17) is 0 Å². The van der Waals surface area contributed by atoms with Crippen LogP contribution in [0.3, 0.4) is 0 Å². The van der Waals surface area contributed by atoms with Crippen LogP contribution in [-0.4, -0.2) is 28.0 Å². The van der Waals surface area contributed by atoms with E-state index in [1.54, 1.807) is 6.20 Å². The Bertz CT molecular complexity index is 595. The molecule has 2 heterocycles. The molecule has 0 spiro atoms. The largest absolute Gasteiger partial charge is 0.373 e. The average molecular weight is 270 g/mol. The SMILES string of the molecule is Cn1ccnc1CCNC(=O)[C@@H]1Cc2ccccc2N1. The van der Waals surface area contributed by atoms with Crippen molar-refractivity contribution in [3.8, 4) is 0 Å². The number of benzene rings is 1. The summed E-state index contributed by atoms with van der Waals surface area (Å²) in [4.78, 5) is 16.4. The number of hydrogen-bond donors (Lipinski definition) is 2. The van der Waals surface area contributed by atoms with E-state index < -0.39 is 0 Å². The molecule has 1 aromatic carbocycles. The number of para-hydroxylation sites is 1. The van der Waals surface area contributed by atoms with Crippen molar-refractivity contribution in [2.24, 2.45) is 7.05 Å². The second kappa shape index (κ2) is 5.36. The van der Waals surface area contributed by atoms with Crippen LogP contribution in [0.25, 0.3) is 0 Å². The van der Waals surface area contributed by atoms with Crippen LogP contribution < -0.4 is 10.6 Å². The fraction of sp³-hybridized carbons (Fsp3) is 0.333. The minimum absolute atomic E-state index is 0.0513. The zero-order valence-electron chi connectivity index (χ0n) is 11.5. The second-order valence-corrected chi connectivity index (χ2v) is 5.05. The first-order valence-electron chi connectivity index (χ1n) is 6.82. The Morgan fingerprint density at radius 3 is 3.10 bits per heavy atom. The number of imidazole rings is 1. The quantitative estimate of drug-likeness (QED) is 0.875. The second-order valence-electron chi connectivity index (χ2n) is 5.05. The van der Waals surface area contributed by atoms with Crippen LogP contribution in [0, 0.1) is 0 Å². The molecule has 0 fully saturated rings. The summed E-state index contributed by atoms with van der Waals surface area (Å²) in [6.07, 6.45) is 5.18. The van der Waals surface area contributed by atoms with Gasteiger partial charge >= 0.3 is 0 Å². The van der Waals surface area contributed by atoms with E-state index >= 15 is 0 Å². The lowest BCUT2D eigenvalue weighted by molar-refractivity contribution is -0.121. The van der Waals surface area contributed by atoms with Gasteiger partial charge in [0.25, 0.3) is 0 Å². The summed E-state index contributed by atoms with van der Waals surface area (Å²) in [5.74, 6) is 1.03. The van der Waals surface area contributed by atoms with E-state index in [1.165, 1.54) is 5.56 Å². The molecule has 0 bridgehead atoms. The summed E-state index contributed by atoms with van der Waals surface area (Å²) in [5.41, 5.74) is 2.27. The van der Waals surface area contributed by atoms with E-state index in [1.807, 2.05) is 36.0 Å². The number of carbonyl (C=O) groups excluding carboxylic acids is 1. The molecule has 0 radical (unpaired) electrons. The number of fused-ring (bicyclic) bond motifs is 1. The Morgan fingerprint density at radius 1 is 1.50 bits per heavy atom. The molecular weight excluding hydrogens is 252 g/mol. The van der Waals surface area contributed by atoms with Crippen LogP contribution >= 0.6 is 0 Å². The summed E-state index contributed by atoms with van der Waals surface area (Å²) in [6.45, 7) is 0.609. The number of aryl methyl sites for hydroxylation is 1. The van der Waals surface area contributed by atoms with E-state index in [2.05, 4.69) is 21.7 Å². The number of nitrogens with zero attached hydrogens (tertiary/aromatic N) is 2. The van der Waals surface area contributed by atoms with Gasteiger partial charge in [0.05, 0.1) is 0 Å². The van der Waals surface area contributed by atoms with Gasteiger partial charge in [0.15, 0.2) is 0 Å². The Balaban J connectivity index is 1.50. The average Bonchev–Trinajstić information content (AvgIpc) is 3.05. The predicted octanol–water partition coefficient (Wildman–Crippen LogP) is 1.12. The van der Waals surface area contributed by atoms with E-state index in [0.29, 0.717) is 6.54 Å². The Hall–Kier alpha value is -2.30. The molecule has 1 aliphatic heterocycles. The molecule has 0 unspecified atom stereocenters. The molecule has 104 valence electrons. The number of anilines is 1. The summed E-state index contributed by atoms with van der Waals surface area (Å²) < 4.78 is 1.97. The van der Waals surface area contributed by atoms with Gasteiger partial charge in [0.1, 0.15) is 11.9 Å². The minimum atomic E-state index is -0.159. The van der Waals surface area contributed by atoms with E-state index in [0.717, 1.165) is 24.4 Å². The highest BCUT2D eigenvalue weighted by Crippen LogP contribution is 2.24. The molecule has 0 aliphatic carbocycles. The monoisotopic (exact) mass is 270 g/mol. The summed E-state index contributed by atoms with van der Waals surface area (Å²) >= 11 is 0. The molecule has 2 aromatic rings. The van der Waals surface area contributed by atoms with E-state index in [9.17, 15) is 4.79 Å². The first kappa shape index (κ1) is 12.7. The van der Waals surface area contributed by atoms with Gasteiger partial charge in [-0.1, -0.05) is 18.2 Å². The Labute approximate surface area is 118 Å². The van der Waals surface area contributed by atoms with Crippen molar-refractivity contribution < 1.29 is 4.79 Å². The van der Waals surface area contributed by atoms with Gasteiger partial charge < -0.3 is 15.2 Å². The van der Waals surface area contributed by atoms with Gasteiger partial charge in [0, 0.05) is 44.5 Å². The topological polar surface area (TPSA) is 59.0 Å². The fourth-order valence-electron chi connectivity index (χ4n) is 2.51. The number of aromatic nitrogens is 2. The van der Waals surface area contributed by atoms with Crippen LogP contribution in [0.1, 0.15) is 11.4 Å². The maximum atomic E-state index is 12.1. The smallest absolute Gasteiger partial charge is 0.242 e. The maximum absolute atomic E-state index is 12.1. The zero-order chi connectivity index (χ0) is 13.9. The number of amides is 1. The van der Waals surface area contributed by atoms with Crippen molar-refractivity contribution >= 4 is 11.6 Å². The van der Waals surface area contributed by atoms with Crippen LogP contribution in [-0.2, 0) is 24.7 Å². The van der Waals surface area contributed by atoms with Crippen LogP contribution in [0.5, 0.6) is 0 Å². The van der Waals surface area contributed by atoms with Crippen molar-refractivity contribution in [2.45, 2.75) is 18.9 Å². The third-order valence-corrected chi connectivity index (χ3v) is 3.66. The van der Waals surface area contributed by atoms with Crippen molar-refractivity contribution in [3.05, 3.63) is 48.0 Å². The van der Waals surface area contributed by atoms with Gasteiger partial charge in [-0.05, 0) is 11.6 Å². The van der Waals surface area contributed by atoms with Gasteiger partial charge in [-0.25, -0.2) is 4.98 Å². The molecule has 5 nitrogen and oxygen atoms in total. The van der Waals surface area contributed by atoms with Gasteiger partial charge in [-0.3, -0.25) is 4.79 Å². The van der Waals surface area contributed by atoms with Crippen LogP contribution in [0.2, 0.25) is 0 Å². The lowest BCUT2D eigenvalue weighted by atomic mass is 10.1. The van der Waals surface area contributed by atoms with Crippen LogP contribution in [0.4, 0.5) is 5.69 Å². The molecule has 1 aliphatic rings. The molecular formula is C15H18N4O.